The molecule has 0 aliphatic heterocycles. The monoisotopic (exact) mass is 484 g/mol. The molecule has 0 bridgehead atoms. The highest BCUT2D eigenvalue weighted by Gasteiger charge is 2.33. The number of rotatable bonds is 9. The molecule has 1 N–H and O–H groups in total. The zero-order valence-corrected chi connectivity index (χ0v) is 20.2. The average Bonchev–Trinajstić information content (AvgIpc) is 3.27. The van der Waals surface area contributed by atoms with E-state index in [1.54, 1.807) is 23.4 Å². The van der Waals surface area contributed by atoms with Gasteiger partial charge in [0.15, 0.2) is 0 Å². The van der Waals surface area contributed by atoms with Crippen LogP contribution in [0, 0.1) is 0 Å². The van der Waals surface area contributed by atoms with Crippen molar-refractivity contribution in [1.29, 1.82) is 0 Å². The van der Waals surface area contributed by atoms with Crippen molar-refractivity contribution >= 4 is 31.6 Å². The van der Waals surface area contributed by atoms with Crippen molar-refractivity contribution in [3.05, 3.63) is 59.1 Å². The molecule has 0 radical (unpaired) electrons. The summed E-state index contributed by atoms with van der Waals surface area (Å²) in [6.07, 6.45) is 4.29. The number of nitrogens with zero attached hydrogens (tertiary/aromatic N) is 1. The van der Waals surface area contributed by atoms with E-state index in [9.17, 15) is 16.8 Å². The summed E-state index contributed by atoms with van der Waals surface area (Å²) in [5.74, 6) is 0. The van der Waals surface area contributed by atoms with Crippen LogP contribution in [0.2, 0.25) is 5.02 Å². The van der Waals surface area contributed by atoms with Crippen molar-refractivity contribution < 1.29 is 16.8 Å². The number of sulfonamides is 2. The molecule has 1 saturated carbocycles. The minimum Gasteiger partial charge on any atom is -0.208 e. The third-order valence-electron chi connectivity index (χ3n) is 5.69. The van der Waals surface area contributed by atoms with E-state index >= 15 is 0 Å². The van der Waals surface area contributed by atoms with E-state index in [0.29, 0.717) is 11.4 Å². The van der Waals surface area contributed by atoms with Crippen LogP contribution in [-0.2, 0) is 26.6 Å². The van der Waals surface area contributed by atoms with Gasteiger partial charge >= 0.3 is 0 Å². The summed E-state index contributed by atoms with van der Waals surface area (Å²) in [7, 11) is -7.49. The quantitative estimate of drug-likeness (QED) is 0.565. The molecule has 9 heteroatoms. The molecule has 6 nitrogen and oxygen atoms in total. The van der Waals surface area contributed by atoms with Crippen LogP contribution < -0.4 is 4.72 Å². The van der Waals surface area contributed by atoms with Crippen molar-refractivity contribution in [2.24, 2.45) is 0 Å². The summed E-state index contributed by atoms with van der Waals surface area (Å²) < 4.78 is 56.1. The maximum absolute atomic E-state index is 13.5. The molecule has 170 valence electrons. The highest BCUT2D eigenvalue weighted by atomic mass is 35.5. The van der Waals surface area contributed by atoms with E-state index in [4.69, 9.17) is 11.6 Å². The topological polar surface area (TPSA) is 83.5 Å². The van der Waals surface area contributed by atoms with E-state index < -0.39 is 20.0 Å². The molecule has 2 aromatic rings. The lowest BCUT2D eigenvalue weighted by molar-refractivity contribution is 0.316. The van der Waals surface area contributed by atoms with Gasteiger partial charge in [0.05, 0.1) is 9.79 Å². The van der Waals surface area contributed by atoms with E-state index in [1.165, 1.54) is 24.3 Å². The standard InChI is InChI=1S/C22H29ClN2O4S2/c1-3-17(2)24-30(26,27)21-12-14-22(15-13-21)31(28,29)25(20-6-4-5-7-20)16-18-8-10-19(23)11-9-18/h8-15,17,20,24H,3-7,16H2,1-2H3/t17-/m0/s1. The Morgan fingerprint density at radius 1 is 0.968 bits per heavy atom. The second-order valence-corrected chi connectivity index (χ2v) is 12.1. The van der Waals surface area contributed by atoms with E-state index in [0.717, 1.165) is 31.2 Å². The van der Waals surface area contributed by atoms with Crippen LogP contribution in [-0.4, -0.2) is 33.2 Å². The van der Waals surface area contributed by atoms with Crippen molar-refractivity contribution in [3.8, 4) is 0 Å². The van der Waals surface area contributed by atoms with Crippen molar-refractivity contribution in [2.75, 3.05) is 0 Å². The van der Waals surface area contributed by atoms with Gasteiger partial charge in [0.25, 0.3) is 0 Å². The maximum Gasteiger partial charge on any atom is 0.243 e. The van der Waals surface area contributed by atoms with Crippen molar-refractivity contribution in [1.82, 2.24) is 9.03 Å². The number of hydrogen-bond acceptors (Lipinski definition) is 4. The minimum atomic E-state index is -3.80. The first-order valence-electron chi connectivity index (χ1n) is 10.5. The maximum atomic E-state index is 13.5. The highest BCUT2D eigenvalue weighted by molar-refractivity contribution is 7.89. The van der Waals surface area contributed by atoms with Gasteiger partial charge in [-0.15, -0.1) is 0 Å². The van der Waals surface area contributed by atoms with Gasteiger partial charge in [-0.25, -0.2) is 21.6 Å². The fraction of sp³-hybridized carbons (Fsp3) is 0.455. The molecule has 0 amide bonds. The first-order valence-corrected chi connectivity index (χ1v) is 13.8. The average molecular weight is 485 g/mol. The van der Waals surface area contributed by atoms with E-state index in [-0.39, 0.29) is 28.4 Å². The van der Waals surface area contributed by atoms with Gasteiger partial charge in [-0.1, -0.05) is 43.5 Å². The van der Waals surface area contributed by atoms with Gasteiger partial charge in [0, 0.05) is 23.7 Å². The van der Waals surface area contributed by atoms with Gasteiger partial charge in [-0.2, -0.15) is 4.31 Å². The van der Waals surface area contributed by atoms with Crippen LogP contribution >= 0.6 is 11.6 Å². The molecular formula is C22H29ClN2O4S2. The summed E-state index contributed by atoms with van der Waals surface area (Å²) in [4.78, 5) is 0.146. The molecule has 0 unspecified atom stereocenters. The Kier molecular flexibility index (Phi) is 7.81. The molecule has 0 aromatic heterocycles. The van der Waals surface area contributed by atoms with Gasteiger partial charge in [0.1, 0.15) is 0 Å². The minimum absolute atomic E-state index is 0.0527. The number of halogens is 1. The lowest BCUT2D eigenvalue weighted by Crippen LogP contribution is -2.38. The Labute approximate surface area is 190 Å². The van der Waals surface area contributed by atoms with Crippen LogP contribution in [0.15, 0.2) is 58.3 Å². The largest absolute Gasteiger partial charge is 0.243 e. The normalized spacial score (nSPS) is 16.6. The highest BCUT2D eigenvalue weighted by Crippen LogP contribution is 2.31. The predicted octanol–water partition coefficient (Wildman–Crippen LogP) is 4.55. The zero-order valence-electron chi connectivity index (χ0n) is 17.8. The van der Waals surface area contributed by atoms with Crippen LogP contribution in [0.1, 0.15) is 51.5 Å². The molecule has 1 atom stereocenters. The van der Waals surface area contributed by atoms with E-state index in [1.807, 2.05) is 19.1 Å². The lowest BCUT2D eigenvalue weighted by atomic mass is 10.2. The second kappa shape index (κ2) is 10.0. The summed E-state index contributed by atoms with van der Waals surface area (Å²) in [6.45, 7) is 3.92. The molecule has 31 heavy (non-hydrogen) atoms. The van der Waals surface area contributed by atoms with Gasteiger partial charge in [-0.3, -0.25) is 0 Å². The fourth-order valence-electron chi connectivity index (χ4n) is 3.71. The van der Waals surface area contributed by atoms with Crippen molar-refractivity contribution in [2.45, 2.75) is 74.4 Å². The Morgan fingerprint density at radius 2 is 1.52 bits per heavy atom. The molecular weight excluding hydrogens is 456 g/mol. The molecule has 0 heterocycles. The SMILES string of the molecule is CC[C@H](C)NS(=O)(=O)c1ccc(S(=O)(=O)N(Cc2ccc(Cl)cc2)C2CCCC2)cc1. The van der Waals surface area contributed by atoms with Gasteiger partial charge in [0.2, 0.25) is 20.0 Å². The van der Waals surface area contributed by atoms with Crippen LogP contribution in [0.25, 0.3) is 0 Å². The molecule has 1 aliphatic carbocycles. The Balaban J connectivity index is 1.89. The van der Waals surface area contributed by atoms with Crippen LogP contribution in [0.5, 0.6) is 0 Å². The smallest absolute Gasteiger partial charge is 0.208 e. The zero-order chi connectivity index (χ0) is 22.6. The number of hydrogen-bond donors (Lipinski definition) is 1. The Bertz CT molecular complexity index is 1080. The van der Waals surface area contributed by atoms with Gasteiger partial charge in [-0.05, 0) is 68.1 Å². The summed E-state index contributed by atoms with van der Waals surface area (Å²) >= 11 is 5.97. The van der Waals surface area contributed by atoms with Crippen LogP contribution in [0.3, 0.4) is 0 Å². The summed E-state index contributed by atoms with van der Waals surface area (Å²) in [5, 5.41) is 0.599. The molecule has 3 rings (SSSR count). The molecule has 0 saturated heterocycles. The molecule has 0 spiro atoms. The summed E-state index contributed by atoms with van der Waals surface area (Å²) in [6, 6.07) is 12.3. The number of nitrogens with one attached hydrogen (secondary N) is 1. The number of benzene rings is 2. The Morgan fingerprint density at radius 3 is 2.06 bits per heavy atom. The first-order chi connectivity index (χ1) is 14.6. The summed E-state index contributed by atoms with van der Waals surface area (Å²) in [5.41, 5.74) is 0.858. The second-order valence-electron chi connectivity index (χ2n) is 8.02. The van der Waals surface area contributed by atoms with Gasteiger partial charge < -0.3 is 0 Å². The van der Waals surface area contributed by atoms with Crippen LogP contribution in [0.4, 0.5) is 0 Å². The molecule has 1 aliphatic rings. The fourth-order valence-corrected chi connectivity index (χ4v) is 6.84. The lowest BCUT2D eigenvalue weighted by Gasteiger charge is -2.28. The van der Waals surface area contributed by atoms with E-state index in [2.05, 4.69) is 4.72 Å². The third-order valence-corrected chi connectivity index (χ3v) is 9.46. The third kappa shape index (κ3) is 5.87. The first kappa shape index (κ1) is 24.2. The predicted molar refractivity (Wildman–Crippen MR) is 123 cm³/mol. The molecule has 2 aromatic carbocycles. The molecule has 1 fully saturated rings. The van der Waals surface area contributed by atoms with Crippen molar-refractivity contribution in [3.63, 3.8) is 0 Å². The Hall–Kier alpha value is -1.45.